The van der Waals surface area contributed by atoms with Gasteiger partial charge in [-0.15, -0.1) is 0 Å². The fourth-order valence-electron chi connectivity index (χ4n) is 2.78. The maximum absolute atomic E-state index is 12.3. The molecule has 1 atom stereocenters. The number of aromatic hydroxyl groups is 1. The zero-order valence-corrected chi connectivity index (χ0v) is 11.7. The zero-order valence-electron chi connectivity index (χ0n) is 11.7. The van der Waals surface area contributed by atoms with Crippen LogP contribution in [-0.4, -0.2) is 21.0 Å². The Balaban J connectivity index is 1.90. The first-order chi connectivity index (χ1) is 10.6. The van der Waals surface area contributed by atoms with Crippen molar-refractivity contribution in [3.8, 4) is 5.75 Å². The molecule has 1 aliphatic carbocycles. The summed E-state index contributed by atoms with van der Waals surface area (Å²) in [6.45, 7) is 0. The Morgan fingerprint density at radius 2 is 2.00 bits per heavy atom. The predicted octanol–water partition coefficient (Wildman–Crippen LogP) is 0.576. The van der Waals surface area contributed by atoms with Crippen LogP contribution in [0, 0.1) is 0 Å². The predicted molar refractivity (Wildman–Crippen MR) is 78.9 cm³/mol. The minimum Gasteiger partial charge on any atom is -0.501 e. The van der Waals surface area contributed by atoms with Crippen LogP contribution >= 0.6 is 0 Å². The number of nitrogens with one attached hydrogen (secondary N) is 3. The van der Waals surface area contributed by atoms with Crippen molar-refractivity contribution in [3.63, 3.8) is 0 Å². The highest BCUT2D eigenvalue weighted by atomic mass is 16.3. The van der Waals surface area contributed by atoms with Crippen LogP contribution in [0.3, 0.4) is 0 Å². The summed E-state index contributed by atoms with van der Waals surface area (Å²) in [6.07, 6.45) is 2.65. The molecule has 0 aliphatic heterocycles. The van der Waals surface area contributed by atoms with Crippen molar-refractivity contribution >= 4 is 5.91 Å². The Kier molecular flexibility index (Phi) is 3.54. The molecule has 1 aromatic heterocycles. The molecule has 1 aromatic carbocycles. The van der Waals surface area contributed by atoms with E-state index in [2.05, 4.69) is 10.3 Å². The third-order valence-electron chi connectivity index (χ3n) is 3.82. The first-order valence-electron chi connectivity index (χ1n) is 7.00. The second-order valence-electron chi connectivity index (χ2n) is 5.25. The van der Waals surface area contributed by atoms with E-state index in [1.165, 1.54) is 5.56 Å². The van der Waals surface area contributed by atoms with Gasteiger partial charge >= 0.3 is 5.69 Å². The monoisotopic (exact) mass is 301 g/mol. The van der Waals surface area contributed by atoms with Gasteiger partial charge in [0.15, 0.2) is 5.69 Å². The highest BCUT2D eigenvalue weighted by Crippen LogP contribution is 2.29. The summed E-state index contributed by atoms with van der Waals surface area (Å²) in [4.78, 5) is 38.9. The van der Waals surface area contributed by atoms with Gasteiger partial charge in [-0.25, -0.2) is 4.79 Å². The van der Waals surface area contributed by atoms with E-state index in [-0.39, 0.29) is 6.04 Å². The quantitative estimate of drug-likeness (QED) is 0.649. The first-order valence-corrected chi connectivity index (χ1v) is 7.00. The summed E-state index contributed by atoms with van der Waals surface area (Å²) in [5.41, 5.74) is -0.0526. The number of aryl methyl sites for hydroxylation is 1. The highest BCUT2D eigenvalue weighted by Gasteiger charge is 2.24. The van der Waals surface area contributed by atoms with Crippen LogP contribution in [-0.2, 0) is 6.42 Å². The summed E-state index contributed by atoms with van der Waals surface area (Å²) in [5.74, 6) is -1.47. The van der Waals surface area contributed by atoms with Crippen LogP contribution in [0.5, 0.6) is 5.75 Å². The summed E-state index contributed by atoms with van der Waals surface area (Å²) in [5, 5.41) is 12.4. The number of carbonyl (C=O) groups is 1. The molecule has 0 bridgehead atoms. The van der Waals surface area contributed by atoms with Gasteiger partial charge in [-0.1, -0.05) is 24.3 Å². The van der Waals surface area contributed by atoms with E-state index in [0.717, 1.165) is 24.8 Å². The molecule has 2 aromatic rings. The van der Waals surface area contributed by atoms with E-state index in [4.69, 9.17) is 0 Å². The fourth-order valence-corrected chi connectivity index (χ4v) is 2.78. The van der Waals surface area contributed by atoms with Crippen molar-refractivity contribution in [2.75, 3.05) is 0 Å². The maximum Gasteiger partial charge on any atom is 0.326 e. The normalized spacial score (nSPS) is 16.8. The summed E-state index contributed by atoms with van der Waals surface area (Å²) >= 11 is 0. The zero-order chi connectivity index (χ0) is 15.7. The molecule has 22 heavy (non-hydrogen) atoms. The molecule has 0 spiro atoms. The molecule has 1 unspecified atom stereocenters. The topological polar surface area (TPSA) is 115 Å². The Morgan fingerprint density at radius 3 is 2.82 bits per heavy atom. The molecular weight excluding hydrogens is 286 g/mol. The van der Waals surface area contributed by atoms with Crippen LogP contribution < -0.4 is 16.6 Å². The molecule has 0 saturated heterocycles. The lowest BCUT2D eigenvalue weighted by molar-refractivity contribution is 0.0923. The Labute approximate surface area is 125 Å². The van der Waals surface area contributed by atoms with E-state index < -0.39 is 28.6 Å². The van der Waals surface area contributed by atoms with Gasteiger partial charge in [0.1, 0.15) is 0 Å². The molecule has 0 saturated carbocycles. The van der Waals surface area contributed by atoms with Gasteiger partial charge in [0.2, 0.25) is 5.75 Å². The molecule has 114 valence electrons. The van der Waals surface area contributed by atoms with Crippen LogP contribution in [0.1, 0.15) is 40.5 Å². The standard InChI is InChI=1S/C15H15N3O4/c19-12-11(17-15(22)18-14(12)21)13(20)16-10-7-3-5-8-4-1-2-6-9(8)10/h1-2,4,6,10,19H,3,5,7H2,(H,16,20)(H2,17,18,21,22). The number of benzene rings is 1. The number of amides is 1. The van der Waals surface area contributed by atoms with Crippen LogP contribution in [0.2, 0.25) is 0 Å². The minimum absolute atomic E-state index is 0.209. The number of hydrogen-bond donors (Lipinski definition) is 4. The van der Waals surface area contributed by atoms with E-state index in [1.807, 2.05) is 29.2 Å². The third-order valence-corrected chi connectivity index (χ3v) is 3.82. The third kappa shape index (κ3) is 2.52. The number of hydrogen-bond acceptors (Lipinski definition) is 4. The molecule has 3 rings (SSSR count). The number of aromatic amines is 2. The average molecular weight is 301 g/mol. The molecule has 1 amide bonds. The van der Waals surface area contributed by atoms with Crippen LogP contribution in [0.25, 0.3) is 0 Å². The molecule has 7 heteroatoms. The molecule has 7 nitrogen and oxygen atoms in total. The first kappa shape index (κ1) is 14.1. The summed E-state index contributed by atoms with van der Waals surface area (Å²) < 4.78 is 0. The highest BCUT2D eigenvalue weighted by molar-refractivity contribution is 5.94. The maximum atomic E-state index is 12.3. The van der Waals surface area contributed by atoms with E-state index in [0.29, 0.717) is 0 Å². The number of rotatable bonds is 2. The van der Waals surface area contributed by atoms with Gasteiger partial charge < -0.3 is 10.4 Å². The Morgan fingerprint density at radius 1 is 1.23 bits per heavy atom. The van der Waals surface area contributed by atoms with Crippen molar-refractivity contribution < 1.29 is 9.90 Å². The minimum atomic E-state index is -0.988. The number of H-pyrrole nitrogens is 2. The fraction of sp³-hybridized carbons (Fsp3) is 0.267. The number of aromatic nitrogens is 2. The van der Waals surface area contributed by atoms with Crippen LogP contribution in [0.15, 0.2) is 33.9 Å². The van der Waals surface area contributed by atoms with Gasteiger partial charge in [-0.05, 0) is 30.4 Å². The second-order valence-corrected chi connectivity index (χ2v) is 5.25. The summed E-state index contributed by atoms with van der Waals surface area (Å²) in [6, 6.07) is 7.60. The van der Waals surface area contributed by atoms with Crippen molar-refractivity contribution in [3.05, 3.63) is 61.9 Å². The molecule has 1 aliphatic rings. The number of fused-ring (bicyclic) bond motifs is 1. The Bertz CT molecular complexity index is 837. The van der Waals surface area contributed by atoms with E-state index in [9.17, 15) is 19.5 Å². The Hall–Kier alpha value is -2.83. The lowest BCUT2D eigenvalue weighted by Crippen LogP contribution is -2.34. The number of carbonyl (C=O) groups excluding carboxylic acids is 1. The van der Waals surface area contributed by atoms with Gasteiger partial charge in [-0.3, -0.25) is 19.6 Å². The molecular formula is C15H15N3O4. The molecule has 4 N–H and O–H groups in total. The molecule has 0 radical (unpaired) electrons. The molecule has 0 fully saturated rings. The van der Waals surface area contributed by atoms with Gasteiger partial charge in [0.05, 0.1) is 6.04 Å². The molecule has 1 heterocycles. The average Bonchev–Trinajstić information content (AvgIpc) is 2.51. The van der Waals surface area contributed by atoms with Crippen molar-refractivity contribution in [1.82, 2.24) is 15.3 Å². The van der Waals surface area contributed by atoms with Crippen molar-refractivity contribution in [1.29, 1.82) is 0 Å². The lowest BCUT2D eigenvalue weighted by Gasteiger charge is -2.26. The van der Waals surface area contributed by atoms with Crippen molar-refractivity contribution in [2.24, 2.45) is 0 Å². The van der Waals surface area contributed by atoms with E-state index >= 15 is 0 Å². The van der Waals surface area contributed by atoms with Crippen molar-refractivity contribution in [2.45, 2.75) is 25.3 Å². The summed E-state index contributed by atoms with van der Waals surface area (Å²) in [7, 11) is 0. The van der Waals surface area contributed by atoms with Gasteiger partial charge in [0.25, 0.3) is 11.5 Å². The van der Waals surface area contributed by atoms with Gasteiger partial charge in [0, 0.05) is 0 Å². The SMILES string of the molecule is O=C(NC1CCCc2ccccc21)c1[nH]c(=O)[nH]c(=O)c1O. The smallest absolute Gasteiger partial charge is 0.326 e. The lowest BCUT2D eigenvalue weighted by atomic mass is 9.87. The van der Waals surface area contributed by atoms with Crippen LogP contribution in [0.4, 0.5) is 0 Å². The van der Waals surface area contributed by atoms with Gasteiger partial charge in [-0.2, -0.15) is 0 Å². The largest absolute Gasteiger partial charge is 0.501 e. The van der Waals surface area contributed by atoms with E-state index in [1.54, 1.807) is 0 Å². The second kappa shape index (κ2) is 5.51.